The zero-order valence-corrected chi connectivity index (χ0v) is 10.5. The van der Waals surface area contributed by atoms with Crippen LogP contribution in [0.25, 0.3) is 11.1 Å². The molecule has 0 fully saturated rings. The highest BCUT2D eigenvalue weighted by Crippen LogP contribution is 2.23. The normalized spacial score (nSPS) is 12.1. The number of thioether (sulfide) groups is 1. The second-order valence-corrected chi connectivity index (χ2v) is 5.98. The molecule has 5 nitrogen and oxygen atoms in total. The highest BCUT2D eigenvalue weighted by atomic mass is 32.2. The third-order valence-corrected chi connectivity index (χ3v) is 3.74. The molecule has 0 amide bonds. The summed E-state index contributed by atoms with van der Waals surface area (Å²) in [5, 5.41) is 0.495. The van der Waals surface area contributed by atoms with Gasteiger partial charge in [-0.1, -0.05) is 23.9 Å². The molecule has 0 spiro atoms. The van der Waals surface area contributed by atoms with Crippen LogP contribution in [-0.2, 0) is 10.1 Å². The first-order chi connectivity index (χ1) is 8.04. The minimum absolute atomic E-state index is 0.301. The van der Waals surface area contributed by atoms with E-state index in [1.54, 1.807) is 0 Å². The summed E-state index contributed by atoms with van der Waals surface area (Å²) in [7, 11) is -4.12. The van der Waals surface area contributed by atoms with Gasteiger partial charge in [0.15, 0.2) is 5.58 Å². The Hall–Kier alpha value is -1.05. The topological polar surface area (TPSA) is 83.2 Å². The van der Waals surface area contributed by atoms with Crippen molar-refractivity contribution in [3.05, 3.63) is 24.3 Å². The molecule has 2 rings (SSSR count). The van der Waals surface area contributed by atoms with Crippen LogP contribution in [0.15, 0.2) is 33.9 Å². The van der Waals surface area contributed by atoms with Gasteiger partial charge in [-0.05, 0) is 18.6 Å². The fourth-order valence-corrected chi connectivity index (χ4v) is 2.76. The standard InChI is InChI=1S/C10H11NO4S2/c12-17(13,14)7-3-6-16-10-11-8-4-1-2-5-9(8)15-10/h1-2,4-5H,3,6-7H2,(H,12,13,14)/p-1. The van der Waals surface area contributed by atoms with E-state index in [1.807, 2.05) is 24.3 Å². The third-order valence-electron chi connectivity index (χ3n) is 2.04. The molecule has 0 aliphatic heterocycles. The van der Waals surface area contributed by atoms with Crippen LogP contribution in [0, 0.1) is 0 Å². The van der Waals surface area contributed by atoms with Crippen molar-refractivity contribution in [2.45, 2.75) is 11.6 Å². The van der Waals surface area contributed by atoms with Gasteiger partial charge < -0.3 is 8.97 Å². The Morgan fingerprint density at radius 3 is 2.82 bits per heavy atom. The predicted molar refractivity (Wildman–Crippen MR) is 63.9 cm³/mol. The van der Waals surface area contributed by atoms with Gasteiger partial charge >= 0.3 is 0 Å². The smallest absolute Gasteiger partial charge is 0.256 e. The maximum atomic E-state index is 10.4. The molecular formula is C10H10NO4S2-. The third kappa shape index (κ3) is 3.72. The highest BCUT2D eigenvalue weighted by molar-refractivity contribution is 7.99. The Kier molecular flexibility index (Phi) is 3.70. The molecular weight excluding hydrogens is 262 g/mol. The Morgan fingerprint density at radius 1 is 1.35 bits per heavy atom. The molecule has 0 saturated carbocycles. The van der Waals surface area contributed by atoms with Crippen LogP contribution in [0.3, 0.4) is 0 Å². The van der Waals surface area contributed by atoms with Crippen molar-refractivity contribution in [3.8, 4) is 0 Å². The lowest BCUT2D eigenvalue weighted by Crippen LogP contribution is -2.04. The summed E-state index contributed by atoms with van der Waals surface area (Å²) in [5.74, 6) is 0.147. The molecule has 0 aliphatic rings. The van der Waals surface area contributed by atoms with E-state index in [1.165, 1.54) is 11.8 Å². The molecule has 1 aromatic heterocycles. The second-order valence-electron chi connectivity index (χ2n) is 3.41. The average molecular weight is 272 g/mol. The molecule has 0 saturated heterocycles. The van der Waals surface area contributed by atoms with Crippen molar-refractivity contribution in [3.63, 3.8) is 0 Å². The van der Waals surface area contributed by atoms with E-state index in [0.29, 0.717) is 23.0 Å². The van der Waals surface area contributed by atoms with Crippen LogP contribution in [0.4, 0.5) is 0 Å². The number of rotatable bonds is 5. The average Bonchev–Trinajstić information content (AvgIpc) is 2.65. The molecule has 2 aromatic rings. The first-order valence-corrected chi connectivity index (χ1v) is 7.53. The summed E-state index contributed by atoms with van der Waals surface area (Å²) >= 11 is 1.31. The van der Waals surface area contributed by atoms with Crippen molar-refractivity contribution >= 4 is 33.0 Å². The molecule has 17 heavy (non-hydrogen) atoms. The van der Waals surface area contributed by atoms with Crippen molar-refractivity contribution < 1.29 is 17.4 Å². The van der Waals surface area contributed by atoms with E-state index in [4.69, 9.17) is 4.42 Å². The van der Waals surface area contributed by atoms with Crippen LogP contribution in [0.2, 0.25) is 0 Å². The first kappa shape index (κ1) is 12.4. The van der Waals surface area contributed by atoms with Crippen molar-refractivity contribution in [2.24, 2.45) is 0 Å². The first-order valence-electron chi connectivity index (χ1n) is 4.96. The zero-order chi connectivity index (χ0) is 12.3. The molecule has 7 heteroatoms. The SMILES string of the molecule is O=S(=O)([O-])CCCSc1nc2ccccc2o1. The molecule has 0 atom stereocenters. The maximum absolute atomic E-state index is 10.4. The van der Waals surface area contributed by atoms with Crippen LogP contribution in [0.1, 0.15) is 6.42 Å². The van der Waals surface area contributed by atoms with Gasteiger partial charge in [0, 0.05) is 11.5 Å². The summed E-state index contributed by atoms with van der Waals surface area (Å²) in [5.41, 5.74) is 1.47. The molecule has 0 aliphatic carbocycles. The molecule has 1 aromatic carbocycles. The minimum Gasteiger partial charge on any atom is -0.748 e. The van der Waals surface area contributed by atoms with Crippen LogP contribution < -0.4 is 0 Å². The van der Waals surface area contributed by atoms with Gasteiger partial charge in [0.1, 0.15) is 5.52 Å². The summed E-state index contributed by atoms with van der Waals surface area (Å²) in [6.07, 6.45) is 0.301. The number of benzene rings is 1. The Morgan fingerprint density at radius 2 is 2.12 bits per heavy atom. The van der Waals surface area contributed by atoms with Gasteiger partial charge in [-0.2, -0.15) is 0 Å². The summed E-state index contributed by atoms with van der Waals surface area (Å²) < 4.78 is 36.6. The molecule has 1 heterocycles. The fraction of sp³-hybridized carbons (Fsp3) is 0.300. The molecule has 0 N–H and O–H groups in total. The Bertz CT molecular complexity index is 573. The number of hydrogen-bond acceptors (Lipinski definition) is 6. The van der Waals surface area contributed by atoms with Gasteiger partial charge in [-0.3, -0.25) is 0 Å². The monoisotopic (exact) mass is 272 g/mol. The Labute approximate surface area is 103 Å². The number of hydrogen-bond donors (Lipinski definition) is 0. The van der Waals surface area contributed by atoms with Gasteiger partial charge in [0.25, 0.3) is 5.22 Å². The molecule has 0 radical (unpaired) electrons. The molecule has 92 valence electrons. The van der Waals surface area contributed by atoms with Crippen molar-refractivity contribution in [1.29, 1.82) is 0 Å². The fourth-order valence-electron chi connectivity index (χ4n) is 1.31. The zero-order valence-electron chi connectivity index (χ0n) is 8.83. The summed E-state index contributed by atoms with van der Waals surface area (Å²) in [6, 6.07) is 7.37. The lowest BCUT2D eigenvalue weighted by molar-refractivity contribution is 0.462. The quantitative estimate of drug-likeness (QED) is 0.469. The van der Waals surface area contributed by atoms with Crippen LogP contribution in [0.5, 0.6) is 0 Å². The van der Waals surface area contributed by atoms with Gasteiger partial charge in [0.05, 0.1) is 10.1 Å². The lowest BCUT2D eigenvalue weighted by atomic mass is 10.3. The predicted octanol–water partition coefficient (Wildman–Crippen LogP) is 1.86. The lowest BCUT2D eigenvalue weighted by Gasteiger charge is -2.04. The summed E-state index contributed by atoms with van der Waals surface area (Å²) in [6.45, 7) is 0. The van der Waals surface area contributed by atoms with Gasteiger partial charge in [0.2, 0.25) is 0 Å². The van der Waals surface area contributed by atoms with Crippen LogP contribution in [-0.4, -0.2) is 29.5 Å². The summed E-state index contributed by atoms with van der Waals surface area (Å²) in [4.78, 5) is 4.22. The maximum Gasteiger partial charge on any atom is 0.256 e. The number of nitrogens with zero attached hydrogens (tertiary/aromatic N) is 1. The molecule has 0 unspecified atom stereocenters. The van der Waals surface area contributed by atoms with Gasteiger partial charge in [-0.25, -0.2) is 13.4 Å². The largest absolute Gasteiger partial charge is 0.748 e. The highest BCUT2D eigenvalue weighted by Gasteiger charge is 2.05. The van der Waals surface area contributed by atoms with E-state index in [9.17, 15) is 13.0 Å². The van der Waals surface area contributed by atoms with Crippen molar-refractivity contribution in [2.75, 3.05) is 11.5 Å². The number of para-hydroxylation sites is 2. The van der Waals surface area contributed by atoms with Crippen molar-refractivity contribution in [1.82, 2.24) is 4.98 Å². The number of oxazole rings is 1. The second kappa shape index (κ2) is 5.07. The van der Waals surface area contributed by atoms with E-state index in [2.05, 4.69) is 4.98 Å². The minimum atomic E-state index is -4.12. The van der Waals surface area contributed by atoms with Crippen LogP contribution >= 0.6 is 11.8 Å². The number of fused-ring (bicyclic) bond motifs is 1. The Balaban J connectivity index is 1.91. The number of aromatic nitrogens is 1. The van der Waals surface area contributed by atoms with E-state index < -0.39 is 10.1 Å². The van der Waals surface area contributed by atoms with E-state index >= 15 is 0 Å². The van der Waals surface area contributed by atoms with E-state index in [-0.39, 0.29) is 5.75 Å². The van der Waals surface area contributed by atoms with E-state index in [0.717, 1.165) is 5.52 Å². The van der Waals surface area contributed by atoms with Gasteiger partial charge in [-0.15, -0.1) is 0 Å². The molecule has 0 bridgehead atoms.